The van der Waals surface area contributed by atoms with Crippen LogP contribution in [0.4, 0.5) is 0 Å². The number of nitrogens with two attached hydrogens (primary N) is 2. The van der Waals surface area contributed by atoms with Crippen molar-refractivity contribution in [1.82, 2.24) is 16.0 Å². The summed E-state index contributed by atoms with van der Waals surface area (Å²) in [5.74, 6) is 0.585. The molecule has 11 N–H and O–H groups in total. The lowest BCUT2D eigenvalue weighted by Gasteiger charge is -2.23. The number of amides is 2. The third kappa shape index (κ3) is 18.1. The molecule has 11 nitrogen and oxygen atoms in total. The Kier molecular flexibility index (Phi) is 18.7. The van der Waals surface area contributed by atoms with Crippen molar-refractivity contribution in [3.05, 3.63) is 0 Å². The Labute approximate surface area is 217 Å². The molecule has 0 radical (unpaired) electrons. The van der Waals surface area contributed by atoms with E-state index >= 15 is 0 Å². The Balaban J connectivity index is 3.89. The molecule has 0 aliphatic heterocycles. The summed E-state index contributed by atoms with van der Waals surface area (Å²) in [5.41, 5.74) is 12.2. The summed E-state index contributed by atoms with van der Waals surface area (Å²) in [6, 6.07) is 0. The van der Waals surface area contributed by atoms with E-state index < -0.39 is 18.1 Å². The van der Waals surface area contributed by atoms with Crippen LogP contribution in [0.2, 0.25) is 0 Å². The minimum Gasteiger partial charge on any atom is -0.390 e. The van der Waals surface area contributed by atoms with Crippen LogP contribution in [0.25, 0.3) is 0 Å². The Morgan fingerprint density at radius 1 is 0.861 bits per heavy atom. The zero-order valence-electron chi connectivity index (χ0n) is 22.9. The molecule has 0 aliphatic rings. The molecule has 0 bridgehead atoms. The molecule has 0 aromatic heterocycles. The molecule has 210 valence electrons. The highest BCUT2D eigenvalue weighted by molar-refractivity contribution is 5.81. The number of hydrogen-bond acceptors (Lipinski definition) is 5. The number of amidine groups is 2. The number of carbonyl (C=O) groups is 2. The van der Waals surface area contributed by atoms with Gasteiger partial charge in [-0.25, -0.2) is 0 Å². The minimum atomic E-state index is -1.58. The van der Waals surface area contributed by atoms with Gasteiger partial charge in [0, 0.05) is 37.9 Å². The number of aliphatic hydroxyl groups excluding tert-OH is 2. The minimum absolute atomic E-state index is 0.00947. The number of carbonyl (C=O) groups excluding carboxylic acids is 2. The second-order valence-corrected chi connectivity index (χ2v) is 9.78. The summed E-state index contributed by atoms with van der Waals surface area (Å²) in [4.78, 5) is 29.7. The Morgan fingerprint density at radius 3 is 1.94 bits per heavy atom. The number of aliphatic hydroxyl groups is 2. The van der Waals surface area contributed by atoms with Crippen molar-refractivity contribution >= 4 is 23.5 Å². The molecule has 11 heteroatoms. The van der Waals surface area contributed by atoms with Gasteiger partial charge in [0.1, 0.15) is 0 Å². The standard InChI is InChI=1S/C25H51N7O4/c1-5-25(3,4)32-18-17-30-21(27)12-10-8-7-9-11-20(26)29-15-16-31-24(36)23(35)19(33)13-14-22(34)28-6-2/h19,23,32-33,35H,5-18H2,1-4H3,(H2,26,29)(H2,27,30)(H,28,34)(H,31,36)/p+2/t19-,23+/m0/s1. The number of hydrogen-bond donors (Lipinski definition) is 9. The maximum Gasteiger partial charge on any atom is 0.251 e. The van der Waals surface area contributed by atoms with Crippen molar-refractivity contribution in [1.29, 1.82) is 0 Å². The summed E-state index contributed by atoms with van der Waals surface area (Å²) >= 11 is 0. The average Bonchev–Trinajstić information content (AvgIpc) is 2.84. The van der Waals surface area contributed by atoms with Gasteiger partial charge in [0.25, 0.3) is 5.91 Å². The largest absolute Gasteiger partial charge is 0.390 e. The molecule has 0 unspecified atom stereocenters. The zero-order chi connectivity index (χ0) is 27.4. The van der Waals surface area contributed by atoms with Crippen molar-refractivity contribution in [3.63, 3.8) is 0 Å². The van der Waals surface area contributed by atoms with Crippen LogP contribution in [0, 0.1) is 0 Å². The summed E-state index contributed by atoms with van der Waals surface area (Å²) < 4.78 is 0. The van der Waals surface area contributed by atoms with E-state index in [4.69, 9.17) is 11.5 Å². The van der Waals surface area contributed by atoms with Crippen LogP contribution in [0.3, 0.4) is 0 Å². The third-order valence-electron chi connectivity index (χ3n) is 6.06. The van der Waals surface area contributed by atoms with Gasteiger partial charge in [-0.3, -0.25) is 31.0 Å². The highest BCUT2D eigenvalue weighted by Gasteiger charge is 2.24. The maximum absolute atomic E-state index is 11.9. The van der Waals surface area contributed by atoms with Gasteiger partial charge in [-0.15, -0.1) is 0 Å². The van der Waals surface area contributed by atoms with Crippen LogP contribution in [0.15, 0.2) is 0 Å². The van der Waals surface area contributed by atoms with Crippen molar-refractivity contribution < 1.29 is 29.8 Å². The first-order valence-electron chi connectivity index (χ1n) is 13.4. The van der Waals surface area contributed by atoms with Gasteiger partial charge in [0.2, 0.25) is 17.6 Å². The van der Waals surface area contributed by atoms with Gasteiger partial charge in [-0.1, -0.05) is 19.8 Å². The third-order valence-corrected chi connectivity index (χ3v) is 6.06. The molecule has 0 saturated heterocycles. The van der Waals surface area contributed by atoms with E-state index in [1.54, 1.807) is 6.92 Å². The van der Waals surface area contributed by atoms with Gasteiger partial charge in [0.15, 0.2) is 6.10 Å². The molecule has 0 spiro atoms. The van der Waals surface area contributed by atoms with Gasteiger partial charge >= 0.3 is 0 Å². The van der Waals surface area contributed by atoms with Crippen molar-refractivity contribution in [2.75, 3.05) is 32.7 Å². The number of unbranched alkanes of at least 4 members (excludes halogenated alkanes) is 3. The van der Waals surface area contributed by atoms with Crippen LogP contribution in [0.1, 0.15) is 85.5 Å². The quantitative estimate of drug-likeness (QED) is 0.0435. The van der Waals surface area contributed by atoms with Crippen LogP contribution < -0.4 is 37.4 Å². The van der Waals surface area contributed by atoms with Crippen molar-refractivity contribution in [2.45, 2.75) is 103 Å². The fourth-order valence-corrected chi connectivity index (χ4v) is 3.32. The van der Waals surface area contributed by atoms with Crippen LogP contribution in [0.5, 0.6) is 0 Å². The SMILES string of the molecule is CCNC(=O)CC[C@H](O)[C@@H](O)C(=O)NCC[NH+]=C(N)CCCCCCC(N)=[NH+]CCNC(C)(C)CC. The molecular formula is C25H53N7O4+2. The molecule has 0 aromatic rings. The molecule has 0 fully saturated rings. The Bertz CT molecular complexity index is 683. The molecule has 0 aliphatic carbocycles. The van der Waals surface area contributed by atoms with E-state index in [-0.39, 0.29) is 30.8 Å². The number of rotatable bonds is 21. The molecule has 0 heterocycles. The molecule has 2 atom stereocenters. The van der Waals surface area contributed by atoms with Gasteiger partial charge < -0.3 is 26.2 Å². The predicted octanol–water partition coefficient (Wildman–Crippen LogP) is -3.26. The number of nitrogens with one attached hydrogen (secondary N) is 5. The average molecular weight is 516 g/mol. The summed E-state index contributed by atoms with van der Waals surface area (Å²) in [7, 11) is 0. The predicted molar refractivity (Wildman–Crippen MR) is 143 cm³/mol. The Hall–Kier alpha value is -2.24. The van der Waals surface area contributed by atoms with Gasteiger partial charge in [0.05, 0.1) is 25.7 Å². The second kappa shape index (κ2) is 19.9. The first-order valence-corrected chi connectivity index (χ1v) is 13.4. The van der Waals surface area contributed by atoms with E-state index in [0.29, 0.717) is 18.9 Å². The Morgan fingerprint density at radius 2 is 1.42 bits per heavy atom. The van der Waals surface area contributed by atoms with Crippen LogP contribution >= 0.6 is 0 Å². The van der Waals surface area contributed by atoms with Crippen molar-refractivity contribution in [3.8, 4) is 0 Å². The lowest BCUT2D eigenvalue weighted by atomic mass is 10.0. The maximum atomic E-state index is 11.9. The smallest absolute Gasteiger partial charge is 0.251 e. The fraction of sp³-hybridized carbons (Fsp3) is 0.840. The lowest BCUT2D eigenvalue weighted by molar-refractivity contribution is -0.457. The zero-order valence-corrected chi connectivity index (χ0v) is 22.9. The van der Waals surface area contributed by atoms with Gasteiger partial charge in [-0.2, -0.15) is 0 Å². The molecule has 0 saturated carbocycles. The second-order valence-electron chi connectivity index (χ2n) is 9.78. The summed E-state index contributed by atoms with van der Waals surface area (Å²) in [6.07, 6.45) is 3.99. The van der Waals surface area contributed by atoms with E-state index in [1.807, 2.05) is 0 Å². The van der Waals surface area contributed by atoms with Gasteiger partial charge in [-0.05, 0) is 46.5 Å². The molecule has 0 rings (SSSR count). The monoisotopic (exact) mass is 515 g/mol. The normalized spacial score (nSPS) is 14.4. The fourth-order valence-electron chi connectivity index (χ4n) is 3.32. The van der Waals surface area contributed by atoms with Crippen LogP contribution in [-0.2, 0) is 9.59 Å². The topological polar surface area (TPSA) is 191 Å². The summed E-state index contributed by atoms with van der Waals surface area (Å²) in [5, 5.41) is 28.4. The molecule has 2 amide bonds. The highest BCUT2D eigenvalue weighted by Crippen LogP contribution is 2.05. The molecule has 0 aromatic carbocycles. The first kappa shape index (κ1) is 33.8. The van der Waals surface area contributed by atoms with Crippen LogP contribution in [-0.4, -0.2) is 84.2 Å². The van der Waals surface area contributed by atoms with E-state index in [1.165, 1.54) is 0 Å². The lowest BCUT2D eigenvalue weighted by Crippen LogP contribution is -2.77. The summed E-state index contributed by atoms with van der Waals surface area (Å²) in [6.45, 7) is 11.2. The van der Waals surface area contributed by atoms with Crippen molar-refractivity contribution in [2.24, 2.45) is 11.5 Å². The first-order chi connectivity index (χ1) is 17.0. The van der Waals surface area contributed by atoms with E-state index in [9.17, 15) is 19.8 Å². The molecular weight excluding hydrogens is 462 g/mol. The molecule has 36 heavy (non-hydrogen) atoms. The van der Waals surface area contributed by atoms with E-state index in [0.717, 1.165) is 63.9 Å². The highest BCUT2D eigenvalue weighted by atomic mass is 16.3. The van der Waals surface area contributed by atoms with E-state index in [2.05, 4.69) is 46.7 Å².